The first-order chi connectivity index (χ1) is 12.2. The number of hydrogen-bond donors (Lipinski definition) is 2. The van der Waals surface area contributed by atoms with E-state index in [4.69, 9.17) is 16.3 Å². The fourth-order valence-electron chi connectivity index (χ4n) is 2.21. The van der Waals surface area contributed by atoms with Crippen LogP contribution >= 0.6 is 11.6 Å². The average molecular weight is 356 g/mol. The van der Waals surface area contributed by atoms with Gasteiger partial charge in [0.25, 0.3) is 0 Å². The lowest BCUT2D eigenvalue weighted by atomic mass is 10.2. The van der Waals surface area contributed by atoms with Crippen molar-refractivity contribution in [3.05, 3.63) is 65.3 Å². The molecule has 2 aromatic carbocycles. The van der Waals surface area contributed by atoms with Crippen molar-refractivity contribution in [3.8, 4) is 5.75 Å². The molecule has 0 aliphatic carbocycles. The summed E-state index contributed by atoms with van der Waals surface area (Å²) in [5, 5.41) is 15.0. The third kappa shape index (κ3) is 4.81. The van der Waals surface area contributed by atoms with E-state index in [9.17, 15) is 0 Å². The van der Waals surface area contributed by atoms with Gasteiger partial charge in [0, 0.05) is 11.6 Å². The van der Waals surface area contributed by atoms with Crippen LogP contribution in [0.1, 0.15) is 12.5 Å². The van der Waals surface area contributed by atoms with Gasteiger partial charge in [0.05, 0.1) is 18.5 Å². The topological polar surface area (TPSA) is 72.0 Å². The SMILES string of the molecule is CCOc1ccccc1Nc1cnnc(NCc2ccc(Cl)cc2)n1. The number of para-hydroxylation sites is 2. The standard InChI is InChI=1S/C18H18ClN5O/c1-2-25-16-6-4-3-5-15(16)22-17-12-21-24-18(23-17)20-11-13-7-9-14(19)10-8-13/h3-10,12H,2,11H2,1H3,(H2,20,22,23,24). The molecule has 0 aliphatic rings. The van der Waals surface area contributed by atoms with E-state index in [-0.39, 0.29) is 0 Å². The summed E-state index contributed by atoms with van der Waals surface area (Å²) in [6.45, 7) is 3.12. The van der Waals surface area contributed by atoms with Crippen molar-refractivity contribution in [2.75, 3.05) is 17.2 Å². The van der Waals surface area contributed by atoms with Crippen molar-refractivity contribution < 1.29 is 4.74 Å². The summed E-state index contributed by atoms with van der Waals surface area (Å²) in [5.41, 5.74) is 1.90. The van der Waals surface area contributed by atoms with Crippen molar-refractivity contribution in [1.29, 1.82) is 0 Å². The number of halogens is 1. The molecule has 0 saturated heterocycles. The quantitative estimate of drug-likeness (QED) is 0.659. The Morgan fingerprint density at radius 2 is 1.88 bits per heavy atom. The van der Waals surface area contributed by atoms with Crippen LogP contribution in [0, 0.1) is 0 Å². The molecular formula is C18H18ClN5O. The average Bonchev–Trinajstić information content (AvgIpc) is 2.63. The van der Waals surface area contributed by atoms with E-state index in [0.717, 1.165) is 17.0 Å². The van der Waals surface area contributed by atoms with Crippen LogP contribution in [0.3, 0.4) is 0 Å². The fraction of sp³-hybridized carbons (Fsp3) is 0.167. The van der Waals surface area contributed by atoms with E-state index < -0.39 is 0 Å². The summed E-state index contributed by atoms with van der Waals surface area (Å²) in [7, 11) is 0. The minimum Gasteiger partial charge on any atom is -0.492 e. The summed E-state index contributed by atoms with van der Waals surface area (Å²) < 4.78 is 5.60. The molecule has 0 fully saturated rings. The van der Waals surface area contributed by atoms with Gasteiger partial charge in [0.2, 0.25) is 5.95 Å². The van der Waals surface area contributed by atoms with Gasteiger partial charge in [-0.2, -0.15) is 10.1 Å². The van der Waals surface area contributed by atoms with E-state index in [2.05, 4.69) is 25.8 Å². The summed E-state index contributed by atoms with van der Waals surface area (Å²) in [5.74, 6) is 1.79. The first-order valence-corrected chi connectivity index (χ1v) is 8.29. The summed E-state index contributed by atoms with van der Waals surface area (Å²) in [6.07, 6.45) is 1.57. The normalized spacial score (nSPS) is 10.3. The zero-order valence-electron chi connectivity index (χ0n) is 13.7. The zero-order chi connectivity index (χ0) is 17.5. The van der Waals surface area contributed by atoms with E-state index in [0.29, 0.717) is 29.9 Å². The summed E-state index contributed by atoms with van der Waals surface area (Å²) in [6, 6.07) is 15.3. The molecule has 1 heterocycles. The zero-order valence-corrected chi connectivity index (χ0v) is 14.5. The molecule has 2 N–H and O–H groups in total. The van der Waals surface area contributed by atoms with Gasteiger partial charge in [-0.05, 0) is 36.8 Å². The molecule has 0 radical (unpaired) electrons. The third-order valence-corrected chi connectivity index (χ3v) is 3.62. The third-order valence-electron chi connectivity index (χ3n) is 3.37. The molecule has 0 unspecified atom stereocenters. The van der Waals surface area contributed by atoms with Crippen molar-refractivity contribution in [2.45, 2.75) is 13.5 Å². The van der Waals surface area contributed by atoms with Crippen LogP contribution in [0.25, 0.3) is 0 Å². The van der Waals surface area contributed by atoms with Crippen LogP contribution in [0.4, 0.5) is 17.5 Å². The maximum Gasteiger partial charge on any atom is 0.244 e. The van der Waals surface area contributed by atoms with Crippen LogP contribution < -0.4 is 15.4 Å². The van der Waals surface area contributed by atoms with Gasteiger partial charge in [-0.15, -0.1) is 5.10 Å². The molecule has 6 nitrogen and oxygen atoms in total. The Morgan fingerprint density at radius 1 is 1.08 bits per heavy atom. The molecular weight excluding hydrogens is 338 g/mol. The van der Waals surface area contributed by atoms with Crippen LogP contribution in [0.5, 0.6) is 5.75 Å². The van der Waals surface area contributed by atoms with Gasteiger partial charge in [-0.1, -0.05) is 35.9 Å². The number of aromatic nitrogens is 3. The lowest BCUT2D eigenvalue weighted by Gasteiger charge is -2.12. The van der Waals surface area contributed by atoms with Crippen LogP contribution in [0.2, 0.25) is 5.02 Å². The first kappa shape index (κ1) is 17.0. The smallest absolute Gasteiger partial charge is 0.244 e. The first-order valence-electron chi connectivity index (χ1n) is 7.91. The second-order valence-corrected chi connectivity index (χ2v) is 5.64. The number of anilines is 3. The Kier molecular flexibility index (Phi) is 5.64. The maximum absolute atomic E-state index is 5.89. The molecule has 0 amide bonds. The number of rotatable bonds is 7. The van der Waals surface area contributed by atoms with E-state index >= 15 is 0 Å². The van der Waals surface area contributed by atoms with Gasteiger partial charge in [0.15, 0.2) is 5.82 Å². The van der Waals surface area contributed by atoms with Gasteiger partial charge in [-0.3, -0.25) is 0 Å². The number of hydrogen-bond acceptors (Lipinski definition) is 6. The lowest BCUT2D eigenvalue weighted by molar-refractivity contribution is 0.342. The predicted octanol–water partition coefficient (Wildman–Crippen LogP) is 4.28. The van der Waals surface area contributed by atoms with Crippen LogP contribution in [-0.4, -0.2) is 21.8 Å². The molecule has 0 bridgehead atoms. The highest BCUT2D eigenvalue weighted by atomic mass is 35.5. The lowest BCUT2D eigenvalue weighted by Crippen LogP contribution is -2.06. The Morgan fingerprint density at radius 3 is 2.68 bits per heavy atom. The summed E-state index contributed by atoms with van der Waals surface area (Å²) >= 11 is 5.89. The van der Waals surface area contributed by atoms with Crippen molar-refractivity contribution in [2.24, 2.45) is 0 Å². The number of nitrogens with zero attached hydrogens (tertiary/aromatic N) is 3. The van der Waals surface area contributed by atoms with Crippen LogP contribution in [-0.2, 0) is 6.54 Å². The Balaban J connectivity index is 1.68. The molecule has 7 heteroatoms. The van der Waals surface area contributed by atoms with E-state index in [1.54, 1.807) is 6.20 Å². The molecule has 25 heavy (non-hydrogen) atoms. The van der Waals surface area contributed by atoms with Gasteiger partial charge < -0.3 is 15.4 Å². The Hall–Kier alpha value is -2.86. The largest absolute Gasteiger partial charge is 0.492 e. The van der Waals surface area contributed by atoms with Gasteiger partial charge in [-0.25, -0.2) is 0 Å². The highest BCUT2D eigenvalue weighted by Crippen LogP contribution is 2.26. The molecule has 128 valence electrons. The maximum atomic E-state index is 5.89. The monoisotopic (exact) mass is 355 g/mol. The van der Waals surface area contributed by atoms with Gasteiger partial charge >= 0.3 is 0 Å². The van der Waals surface area contributed by atoms with Crippen LogP contribution in [0.15, 0.2) is 54.7 Å². The predicted molar refractivity (Wildman–Crippen MR) is 99.5 cm³/mol. The number of ether oxygens (including phenoxy) is 1. The minimum absolute atomic E-state index is 0.439. The summed E-state index contributed by atoms with van der Waals surface area (Å²) in [4.78, 5) is 4.42. The van der Waals surface area contributed by atoms with Crippen molar-refractivity contribution in [1.82, 2.24) is 15.2 Å². The van der Waals surface area contributed by atoms with Gasteiger partial charge in [0.1, 0.15) is 5.75 Å². The molecule has 0 spiro atoms. The number of benzene rings is 2. The van der Waals surface area contributed by atoms with Crippen molar-refractivity contribution >= 4 is 29.1 Å². The molecule has 0 aliphatic heterocycles. The molecule has 0 atom stereocenters. The molecule has 3 rings (SSSR count). The van der Waals surface area contributed by atoms with E-state index in [1.807, 2.05) is 55.5 Å². The Labute approximate surface area is 151 Å². The molecule has 1 aromatic heterocycles. The second kappa shape index (κ2) is 8.30. The molecule has 3 aromatic rings. The Bertz CT molecular complexity index is 826. The van der Waals surface area contributed by atoms with Crippen molar-refractivity contribution in [3.63, 3.8) is 0 Å². The highest BCUT2D eigenvalue weighted by molar-refractivity contribution is 6.30. The second-order valence-electron chi connectivity index (χ2n) is 5.20. The molecule has 0 saturated carbocycles. The highest BCUT2D eigenvalue weighted by Gasteiger charge is 2.05. The fourth-order valence-corrected chi connectivity index (χ4v) is 2.34. The van der Waals surface area contributed by atoms with E-state index in [1.165, 1.54) is 0 Å². The minimum atomic E-state index is 0.439. The number of nitrogens with one attached hydrogen (secondary N) is 2.